The molecular formula is C11H16N2O2. The minimum atomic E-state index is -0.193. The van der Waals surface area contributed by atoms with Crippen molar-refractivity contribution >= 4 is 5.91 Å². The Labute approximate surface area is 89.6 Å². The Morgan fingerprint density at radius 1 is 1.33 bits per heavy atom. The van der Waals surface area contributed by atoms with Crippen LogP contribution in [0.5, 0.6) is 5.75 Å². The zero-order valence-electron chi connectivity index (χ0n) is 9.47. The fourth-order valence-electron chi connectivity index (χ4n) is 1.57. The minimum Gasteiger partial charge on any atom is -0.496 e. The van der Waals surface area contributed by atoms with Crippen molar-refractivity contribution in [2.75, 3.05) is 14.2 Å². The van der Waals surface area contributed by atoms with Crippen LogP contribution in [0.15, 0.2) is 12.1 Å². The molecule has 15 heavy (non-hydrogen) atoms. The summed E-state index contributed by atoms with van der Waals surface area (Å²) >= 11 is 0. The number of methoxy groups -OCH3 is 1. The topological polar surface area (TPSA) is 50.4 Å². The van der Waals surface area contributed by atoms with E-state index in [0.29, 0.717) is 11.3 Å². The van der Waals surface area contributed by atoms with Crippen molar-refractivity contribution in [1.29, 1.82) is 0 Å². The van der Waals surface area contributed by atoms with Gasteiger partial charge in [0.25, 0.3) is 5.91 Å². The van der Waals surface area contributed by atoms with E-state index in [1.807, 2.05) is 19.9 Å². The van der Waals surface area contributed by atoms with Crippen molar-refractivity contribution in [2.45, 2.75) is 13.8 Å². The number of nitrogens with one attached hydrogen (secondary N) is 2. The number of hydrazine groups is 1. The molecule has 0 fully saturated rings. The molecule has 0 aromatic heterocycles. The number of hydrogen-bond acceptors (Lipinski definition) is 3. The number of amides is 1. The van der Waals surface area contributed by atoms with E-state index < -0.39 is 0 Å². The molecule has 1 aromatic carbocycles. The van der Waals surface area contributed by atoms with Gasteiger partial charge in [0, 0.05) is 7.05 Å². The lowest BCUT2D eigenvalue weighted by atomic mass is 10.1. The molecule has 4 heteroatoms. The van der Waals surface area contributed by atoms with Crippen LogP contribution in [0.25, 0.3) is 0 Å². The van der Waals surface area contributed by atoms with Crippen molar-refractivity contribution in [1.82, 2.24) is 10.9 Å². The number of ether oxygens (including phenoxy) is 1. The molecule has 0 heterocycles. The third kappa shape index (κ3) is 2.47. The monoisotopic (exact) mass is 208 g/mol. The van der Waals surface area contributed by atoms with Gasteiger partial charge in [0.1, 0.15) is 5.75 Å². The van der Waals surface area contributed by atoms with Crippen molar-refractivity contribution < 1.29 is 9.53 Å². The van der Waals surface area contributed by atoms with E-state index in [0.717, 1.165) is 11.1 Å². The van der Waals surface area contributed by atoms with Gasteiger partial charge in [-0.25, -0.2) is 5.43 Å². The molecule has 0 unspecified atom stereocenters. The normalized spacial score (nSPS) is 9.87. The maximum Gasteiger partial charge on any atom is 0.269 e. The first-order chi connectivity index (χ1) is 7.10. The number of aryl methyl sites for hydroxylation is 2. The quantitative estimate of drug-likeness (QED) is 0.733. The number of hydrogen-bond donors (Lipinski definition) is 2. The van der Waals surface area contributed by atoms with Gasteiger partial charge in [-0.3, -0.25) is 10.2 Å². The number of carbonyl (C=O) groups is 1. The van der Waals surface area contributed by atoms with Gasteiger partial charge in [0.15, 0.2) is 0 Å². The number of rotatable bonds is 3. The molecule has 0 spiro atoms. The average molecular weight is 208 g/mol. The van der Waals surface area contributed by atoms with Gasteiger partial charge in [-0.15, -0.1) is 0 Å². The predicted molar refractivity (Wildman–Crippen MR) is 59.0 cm³/mol. The van der Waals surface area contributed by atoms with Gasteiger partial charge in [0.05, 0.1) is 12.7 Å². The summed E-state index contributed by atoms with van der Waals surface area (Å²) in [5.41, 5.74) is 7.66. The summed E-state index contributed by atoms with van der Waals surface area (Å²) in [6.07, 6.45) is 0. The molecule has 0 atom stereocenters. The summed E-state index contributed by atoms with van der Waals surface area (Å²) in [4.78, 5) is 11.7. The first-order valence-corrected chi connectivity index (χ1v) is 4.72. The SMILES string of the molecule is CNNC(=O)c1cc(C)cc(C)c1OC. The van der Waals surface area contributed by atoms with Crippen molar-refractivity contribution in [2.24, 2.45) is 0 Å². The lowest BCUT2D eigenvalue weighted by Gasteiger charge is -2.12. The smallest absolute Gasteiger partial charge is 0.269 e. The molecule has 0 aliphatic heterocycles. The molecule has 0 aliphatic carbocycles. The van der Waals surface area contributed by atoms with E-state index in [-0.39, 0.29) is 5.91 Å². The molecule has 0 saturated heterocycles. The molecule has 1 aromatic rings. The van der Waals surface area contributed by atoms with Crippen LogP contribution in [0.4, 0.5) is 0 Å². The Morgan fingerprint density at radius 3 is 2.53 bits per heavy atom. The van der Waals surface area contributed by atoms with Crippen LogP contribution in [0.3, 0.4) is 0 Å². The molecule has 0 bridgehead atoms. The van der Waals surface area contributed by atoms with E-state index in [2.05, 4.69) is 10.9 Å². The van der Waals surface area contributed by atoms with Gasteiger partial charge in [-0.2, -0.15) is 0 Å². The van der Waals surface area contributed by atoms with Gasteiger partial charge in [-0.1, -0.05) is 6.07 Å². The fraction of sp³-hybridized carbons (Fsp3) is 0.364. The molecule has 0 aliphatic rings. The third-order valence-electron chi connectivity index (χ3n) is 2.11. The highest BCUT2D eigenvalue weighted by Gasteiger charge is 2.14. The molecule has 0 saturated carbocycles. The van der Waals surface area contributed by atoms with Crippen LogP contribution >= 0.6 is 0 Å². The second-order valence-corrected chi connectivity index (χ2v) is 3.37. The second kappa shape index (κ2) is 4.79. The van der Waals surface area contributed by atoms with Crippen LogP contribution in [0, 0.1) is 13.8 Å². The Hall–Kier alpha value is -1.55. The third-order valence-corrected chi connectivity index (χ3v) is 2.11. The maximum absolute atomic E-state index is 11.7. The van der Waals surface area contributed by atoms with Gasteiger partial charge in [-0.05, 0) is 31.0 Å². The fourth-order valence-corrected chi connectivity index (χ4v) is 1.57. The van der Waals surface area contributed by atoms with Crippen molar-refractivity contribution in [3.8, 4) is 5.75 Å². The van der Waals surface area contributed by atoms with E-state index in [4.69, 9.17) is 4.74 Å². The lowest BCUT2D eigenvalue weighted by molar-refractivity contribution is 0.0934. The van der Waals surface area contributed by atoms with E-state index in [1.165, 1.54) is 0 Å². The van der Waals surface area contributed by atoms with Crippen molar-refractivity contribution in [3.63, 3.8) is 0 Å². The Bertz CT molecular complexity index is 375. The Balaban J connectivity index is 3.20. The second-order valence-electron chi connectivity index (χ2n) is 3.37. The molecule has 2 N–H and O–H groups in total. The van der Waals surface area contributed by atoms with E-state index in [1.54, 1.807) is 20.2 Å². The largest absolute Gasteiger partial charge is 0.496 e. The van der Waals surface area contributed by atoms with Gasteiger partial charge in [0.2, 0.25) is 0 Å². The predicted octanol–water partition coefficient (Wildman–Crippen LogP) is 1.18. The van der Waals surface area contributed by atoms with Crippen LogP contribution < -0.4 is 15.6 Å². The summed E-state index contributed by atoms with van der Waals surface area (Å²) in [6.45, 7) is 3.87. The summed E-state index contributed by atoms with van der Waals surface area (Å²) in [5, 5.41) is 0. The molecule has 82 valence electrons. The summed E-state index contributed by atoms with van der Waals surface area (Å²) < 4.78 is 5.21. The van der Waals surface area contributed by atoms with Crippen LogP contribution in [0.2, 0.25) is 0 Å². The zero-order chi connectivity index (χ0) is 11.4. The first kappa shape index (κ1) is 11.5. The highest BCUT2D eigenvalue weighted by Crippen LogP contribution is 2.24. The van der Waals surface area contributed by atoms with Gasteiger partial charge < -0.3 is 4.74 Å². The van der Waals surface area contributed by atoms with Crippen LogP contribution in [-0.2, 0) is 0 Å². The van der Waals surface area contributed by atoms with Crippen LogP contribution in [0.1, 0.15) is 21.5 Å². The van der Waals surface area contributed by atoms with Crippen molar-refractivity contribution in [3.05, 3.63) is 28.8 Å². The van der Waals surface area contributed by atoms with Gasteiger partial charge >= 0.3 is 0 Å². The molecule has 4 nitrogen and oxygen atoms in total. The van der Waals surface area contributed by atoms with Crippen LogP contribution in [-0.4, -0.2) is 20.1 Å². The highest BCUT2D eigenvalue weighted by atomic mass is 16.5. The molecule has 0 radical (unpaired) electrons. The Morgan fingerprint density at radius 2 is 2.00 bits per heavy atom. The van der Waals surface area contributed by atoms with E-state index in [9.17, 15) is 4.79 Å². The number of carbonyl (C=O) groups excluding carboxylic acids is 1. The first-order valence-electron chi connectivity index (χ1n) is 4.72. The zero-order valence-corrected chi connectivity index (χ0v) is 9.47. The Kier molecular flexibility index (Phi) is 3.68. The van der Waals surface area contributed by atoms with E-state index >= 15 is 0 Å². The minimum absolute atomic E-state index is 0.193. The molecule has 1 amide bonds. The summed E-state index contributed by atoms with van der Waals surface area (Å²) in [7, 11) is 3.21. The standard InChI is InChI=1S/C11H16N2O2/c1-7-5-8(2)10(15-4)9(6-7)11(14)13-12-3/h5-6,12H,1-4H3,(H,13,14). The average Bonchev–Trinajstić information content (AvgIpc) is 2.17. The molecule has 1 rings (SSSR count). The lowest BCUT2D eigenvalue weighted by Crippen LogP contribution is -2.34. The molecular weight excluding hydrogens is 192 g/mol. The summed E-state index contributed by atoms with van der Waals surface area (Å²) in [5.74, 6) is 0.425. The maximum atomic E-state index is 11.7. The highest BCUT2D eigenvalue weighted by molar-refractivity contribution is 5.97. The number of benzene rings is 1. The summed E-state index contributed by atoms with van der Waals surface area (Å²) in [6, 6.07) is 3.79.